The van der Waals surface area contributed by atoms with Crippen molar-refractivity contribution < 1.29 is 13.9 Å². The Labute approximate surface area is 131 Å². The second-order valence-corrected chi connectivity index (χ2v) is 6.13. The molecule has 1 aromatic rings. The minimum Gasteiger partial charge on any atom is -0.465 e. The van der Waals surface area contributed by atoms with Crippen LogP contribution < -0.4 is 5.32 Å². The van der Waals surface area contributed by atoms with Gasteiger partial charge in [0, 0.05) is 38.8 Å². The zero-order valence-electron chi connectivity index (χ0n) is 13.4. The monoisotopic (exact) mass is 307 g/mol. The average molecular weight is 307 g/mol. The van der Waals surface area contributed by atoms with E-state index in [1.165, 1.54) is 13.5 Å². The van der Waals surface area contributed by atoms with E-state index in [0.717, 1.165) is 51.6 Å². The zero-order valence-corrected chi connectivity index (χ0v) is 13.4. The molecule has 2 saturated heterocycles. The SMILES string of the molecule is COC(=O)c1cc(CN2CCN(C3CCNC3)CC2)oc1C. The van der Waals surface area contributed by atoms with Crippen molar-refractivity contribution in [1.29, 1.82) is 0 Å². The predicted molar refractivity (Wildman–Crippen MR) is 82.9 cm³/mol. The first-order valence-electron chi connectivity index (χ1n) is 8.02. The molecule has 0 amide bonds. The van der Waals surface area contributed by atoms with Gasteiger partial charge in [-0.15, -0.1) is 0 Å². The van der Waals surface area contributed by atoms with Crippen molar-refractivity contribution in [3.05, 3.63) is 23.2 Å². The summed E-state index contributed by atoms with van der Waals surface area (Å²) in [7, 11) is 1.39. The molecule has 0 bridgehead atoms. The summed E-state index contributed by atoms with van der Waals surface area (Å²) in [6, 6.07) is 2.52. The van der Waals surface area contributed by atoms with Gasteiger partial charge in [-0.3, -0.25) is 9.80 Å². The Morgan fingerprint density at radius 1 is 1.41 bits per heavy atom. The predicted octanol–water partition coefficient (Wildman–Crippen LogP) is 0.854. The van der Waals surface area contributed by atoms with Crippen LogP contribution in [0.4, 0.5) is 0 Å². The second-order valence-electron chi connectivity index (χ2n) is 6.13. The normalized spacial score (nSPS) is 23.8. The Morgan fingerprint density at radius 2 is 2.18 bits per heavy atom. The molecule has 0 aromatic carbocycles. The number of carbonyl (C=O) groups is 1. The summed E-state index contributed by atoms with van der Waals surface area (Å²) in [4.78, 5) is 16.6. The first-order valence-corrected chi connectivity index (χ1v) is 8.02. The van der Waals surface area contributed by atoms with Crippen LogP contribution in [0.25, 0.3) is 0 Å². The number of furan rings is 1. The fraction of sp³-hybridized carbons (Fsp3) is 0.688. The molecule has 1 unspecified atom stereocenters. The van der Waals surface area contributed by atoms with E-state index in [-0.39, 0.29) is 5.97 Å². The molecule has 0 saturated carbocycles. The van der Waals surface area contributed by atoms with E-state index in [4.69, 9.17) is 9.15 Å². The van der Waals surface area contributed by atoms with Crippen molar-refractivity contribution in [3.8, 4) is 0 Å². The first kappa shape index (κ1) is 15.5. The summed E-state index contributed by atoms with van der Waals surface area (Å²) in [5.41, 5.74) is 0.535. The highest BCUT2D eigenvalue weighted by atomic mass is 16.5. The van der Waals surface area contributed by atoms with E-state index in [1.807, 2.05) is 6.07 Å². The number of hydrogen-bond donors (Lipinski definition) is 1. The van der Waals surface area contributed by atoms with E-state index in [1.54, 1.807) is 6.92 Å². The van der Waals surface area contributed by atoms with Crippen LogP contribution in [0.3, 0.4) is 0 Å². The van der Waals surface area contributed by atoms with Crippen molar-refractivity contribution >= 4 is 5.97 Å². The number of methoxy groups -OCH3 is 1. The van der Waals surface area contributed by atoms with Gasteiger partial charge in [0.15, 0.2) is 0 Å². The molecule has 122 valence electrons. The van der Waals surface area contributed by atoms with E-state index in [0.29, 0.717) is 17.4 Å². The number of piperazine rings is 1. The number of aryl methyl sites for hydroxylation is 1. The number of hydrogen-bond acceptors (Lipinski definition) is 6. The van der Waals surface area contributed by atoms with Crippen molar-refractivity contribution in [2.75, 3.05) is 46.4 Å². The lowest BCUT2D eigenvalue weighted by Gasteiger charge is -2.37. The first-order chi connectivity index (χ1) is 10.7. The maximum Gasteiger partial charge on any atom is 0.341 e. The Bertz CT molecular complexity index is 515. The summed E-state index contributed by atoms with van der Waals surface area (Å²) < 4.78 is 10.5. The molecule has 1 N–H and O–H groups in total. The molecule has 2 aliphatic heterocycles. The molecule has 2 fully saturated rings. The molecule has 6 heteroatoms. The minimum absolute atomic E-state index is 0.328. The van der Waals surface area contributed by atoms with Crippen molar-refractivity contribution in [2.24, 2.45) is 0 Å². The minimum atomic E-state index is -0.328. The highest BCUT2D eigenvalue weighted by molar-refractivity contribution is 5.90. The smallest absolute Gasteiger partial charge is 0.341 e. The van der Waals surface area contributed by atoms with Crippen molar-refractivity contribution in [1.82, 2.24) is 15.1 Å². The molecule has 22 heavy (non-hydrogen) atoms. The van der Waals surface area contributed by atoms with Crippen LogP contribution in [-0.2, 0) is 11.3 Å². The van der Waals surface area contributed by atoms with Gasteiger partial charge in [-0.1, -0.05) is 0 Å². The molecule has 1 aromatic heterocycles. The Kier molecular flexibility index (Phi) is 4.81. The number of ether oxygens (including phenoxy) is 1. The van der Waals surface area contributed by atoms with Gasteiger partial charge in [-0.25, -0.2) is 4.79 Å². The van der Waals surface area contributed by atoms with Gasteiger partial charge in [0.1, 0.15) is 17.1 Å². The van der Waals surface area contributed by atoms with Crippen LogP contribution >= 0.6 is 0 Å². The molecular weight excluding hydrogens is 282 g/mol. The van der Waals surface area contributed by atoms with Gasteiger partial charge in [0.25, 0.3) is 0 Å². The molecular formula is C16H25N3O3. The van der Waals surface area contributed by atoms with Gasteiger partial charge in [0.2, 0.25) is 0 Å². The Balaban J connectivity index is 1.53. The van der Waals surface area contributed by atoms with E-state index < -0.39 is 0 Å². The summed E-state index contributed by atoms with van der Waals surface area (Å²) in [6.45, 7) is 9.14. The lowest BCUT2D eigenvalue weighted by molar-refractivity contribution is 0.0599. The number of esters is 1. The molecule has 1 atom stereocenters. The van der Waals surface area contributed by atoms with Gasteiger partial charge >= 0.3 is 5.97 Å². The van der Waals surface area contributed by atoms with Crippen molar-refractivity contribution in [3.63, 3.8) is 0 Å². The zero-order chi connectivity index (χ0) is 15.5. The third-order valence-electron chi connectivity index (χ3n) is 4.71. The van der Waals surface area contributed by atoms with Gasteiger partial charge in [-0.05, 0) is 26.0 Å². The molecule has 0 radical (unpaired) electrons. The van der Waals surface area contributed by atoms with Crippen LogP contribution in [0, 0.1) is 6.92 Å². The van der Waals surface area contributed by atoms with Crippen LogP contribution in [0.2, 0.25) is 0 Å². The third-order valence-corrected chi connectivity index (χ3v) is 4.71. The highest BCUT2D eigenvalue weighted by Gasteiger charge is 2.26. The van der Waals surface area contributed by atoms with Gasteiger partial charge in [-0.2, -0.15) is 0 Å². The summed E-state index contributed by atoms with van der Waals surface area (Å²) in [5, 5.41) is 3.43. The maximum absolute atomic E-state index is 11.6. The molecule has 0 spiro atoms. The largest absolute Gasteiger partial charge is 0.465 e. The van der Waals surface area contributed by atoms with Gasteiger partial charge < -0.3 is 14.5 Å². The summed E-state index contributed by atoms with van der Waals surface area (Å²) in [6.07, 6.45) is 1.26. The lowest BCUT2D eigenvalue weighted by atomic mass is 10.2. The van der Waals surface area contributed by atoms with Crippen LogP contribution in [0.15, 0.2) is 10.5 Å². The van der Waals surface area contributed by atoms with Gasteiger partial charge in [0.05, 0.1) is 13.7 Å². The standard InChI is InChI=1S/C16H25N3O3/c1-12-15(16(20)21-2)9-14(22-12)11-18-5-7-19(8-6-18)13-3-4-17-10-13/h9,13,17H,3-8,10-11H2,1-2H3. The average Bonchev–Trinajstić information content (AvgIpc) is 3.17. The fourth-order valence-electron chi connectivity index (χ4n) is 3.39. The van der Waals surface area contributed by atoms with E-state index >= 15 is 0 Å². The molecule has 2 aliphatic rings. The summed E-state index contributed by atoms with van der Waals surface area (Å²) in [5.74, 6) is 1.15. The number of nitrogens with zero attached hydrogens (tertiary/aromatic N) is 2. The fourth-order valence-corrected chi connectivity index (χ4v) is 3.39. The molecule has 3 rings (SSSR count). The Hall–Kier alpha value is -1.37. The number of nitrogens with one attached hydrogen (secondary N) is 1. The molecule has 3 heterocycles. The van der Waals surface area contributed by atoms with Crippen LogP contribution in [0.5, 0.6) is 0 Å². The molecule has 0 aliphatic carbocycles. The summed E-state index contributed by atoms with van der Waals surface area (Å²) >= 11 is 0. The third kappa shape index (κ3) is 3.34. The van der Waals surface area contributed by atoms with Crippen LogP contribution in [0.1, 0.15) is 28.3 Å². The lowest BCUT2D eigenvalue weighted by Crippen LogP contribution is -2.50. The number of carbonyl (C=O) groups excluding carboxylic acids is 1. The highest BCUT2D eigenvalue weighted by Crippen LogP contribution is 2.19. The van der Waals surface area contributed by atoms with E-state index in [2.05, 4.69) is 15.1 Å². The quantitative estimate of drug-likeness (QED) is 0.833. The maximum atomic E-state index is 11.6. The topological polar surface area (TPSA) is 58.0 Å². The van der Waals surface area contributed by atoms with Crippen LogP contribution in [-0.4, -0.2) is 68.2 Å². The van der Waals surface area contributed by atoms with E-state index in [9.17, 15) is 4.79 Å². The molecule has 6 nitrogen and oxygen atoms in total. The van der Waals surface area contributed by atoms with Crippen molar-refractivity contribution in [2.45, 2.75) is 25.9 Å². The number of rotatable bonds is 4. The Morgan fingerprint density at radius 3 is 2.82 bits per heavy atom. The second kappa shape index (κ2) is 6.81.